The van der Waals surface area contributed by atoms with Crippen LogP contribution in [0.15, 0.2) is 54.6 Å². The molecule has 0 heterocycles. The van der Waals surface area contributed by atoms with Gasteiger partial charge >= 0.3 is 0 Å². The second-order valence-electron chi connectivity index (χ2n) is 6.78. The quantitative estimate of drug-likeness (QED) is 0.389. The molecule has 28 heavy (non-hydrogen) atoms. The molecule has 2 aromatic carbocycles. The third-order valence-corrected chi connectivity index (χ3v) is 4.56. The smallest absolute Gasteiger partial charge is 0.226 e. The number of rotatable bonds is 11. The molecule has 0 radical (unpaired) electrons. The Morgan fingerprint density at radius 3 is 2.57 bits per heavy atom. The highest BCUT2D eigenvalue weighted by atomic mass is 32.1. The molecule has 4 nitrogen and oxygen atoms in total. The van der Waals surface area contributed by atoms with Crippen LogP contribution in [0.3, 0.4) is 0 Å². The van der Waals surface area contributed by atoms with Crippen molar-refractivity contribution in [2.75, 3.05) is 11.9 Å². The van der Waals surface area contributed by atoms with Crippen molar-refractivity contribution in [3.8, 4) is 5.75 Å². The van der Waals surface area contributed by atoms with Crippen LogP contribution in [0.1, 0.15) is 51.0 Å². The molecule has 2 aromatic rings. The van der Waals surface area contributed by atoms with Gasteiger partial charge in [-0.2, -0.15) is 0 Å². The summed E-state index contributed by atoms with van der Waals surface area (Å²) in [7, 11) is 0. The van der Waals surface area contributed by atoms with Crippen LogP contribution in [0.4, 0.5) is 5.69 Å². The van der Waals surface area contributed by atoms with Crippen molar-refractivity contribution in [3.63, 3.8) is 0 Å². The summed E-state index contributed by atoms with van der Waals surface area (Å²) < 4.78 is 5.83. The van der Waals surface area contributed by atoms with Gasteiger partial charge in [0, 0.05) is 24.6 Å². The molecule has 0 bridgehead atoms. The normalized spacial score (nSPS) is 10.3. The molecule has 150 valence electrons. The number of hydrogen-bond acceptors (Lipinski definition) is 3. The van der Waals surface area contributed by atoms with Crippen molar-refractivity contribution >= 4 is 28.9 Å². The lowest BCUT2D eigenvalue weighted by Gasteiger charge is -2.11. The van der Waals surface area contributed by atoms with E-state index in [0.29, 0.717) is 18.1 Å². The van der Waals surface area contributed by atoms with E-state index in [0.717, 1.165) is 30.7 Å². The Bertz CT molecular complexity index is 734. The second kappa shape index (κ2) is 12.9. The molecule has 0 aromatic heterocycles. The van der Waals surface area contributed by atoms with Crippen LogP contribution in [0, 0.1) is 0 Å². The van der Waals surface area contributed by atoms with Gasteiger partial charge in [0.05, 0.1) is 6.61 Å². The molecule has 2 rings (SSSR count). The topological polar surface area (TPSA) is 50.4 Å². The lowest BCUT2D eigenvalue weighted by molar-refractivity contribution is -0.119. The van der Waals surface area contributed by atoms with Gasteiger partial charge in [-0.25, -0.2) is 0 Å². The molecule has 0 saturated heterocycles. The van der Waals surface area contributed by atoms with Crippen molar-refractivity contribution in [2.45, 2.75) is 51.9 Å². The summed E-state index contributed by atoms with van der Waals surface area (Å²) in [4.78, 5) is 12.0. The summed E-state index contributed by atoms with van der Waals surface area (Å²) in [5.41, 5.74) is 2.04. The summed E-state index contributed by atoms with van der Waals surface area (Å²) in [5, 5.41) is 6.11. The Hall–Kier alpha value is -2.40. The van der Waals surface area contributed by atoms with Gasteiger partial charge in [0.1, 0.15) is 5.75 Å². The zero-order chi connectivity index (χ0) is 20.0. The Morgan fingerprint density at radius 2 is 1.79 bits per heavy atom. The van der Waals surface area contributed by atoms with Gasteiger partial charge in [0.25, 0.3) is 0 Å². The first-order valence-electron chi connectivity index (χ1n) is 10.0. The van der Waals surface area contributed by atoms with Crippen LogP contribution >= 0.6 is 12.2 Å². The molecule has 0 fully saturated rings. The molecular weight excluding hydrogens is 368 g/mol. The maximum absolute atomic E-state index is 12.0. The number of hydrogen-bond donors (Lipinski definition) is 2. The lowest BCUT2D eigenvalue weighted by Crippen LogP contribution is -2.33. The van der Waals surface area contributed by atoms with E-state index in [-0.39, 0.29) is 5.91 Å². The highest BCUT2D eigenvalue weighted by molar-refractivity contribution is 7.80. The first-order valence-corrected chi connectivity index (χ1v) is 10.5. The molecule has 0 atom stereocenters. The van der Waals surface area contributed by atoms with Gasteiger partial charge < -0.3 is 15.4 Å². The van der Waals surface area contributed by atoms with E-state index >= 15 is 0 Å². The predicted molar refractivity (Wildman–Crippen MR) is 120 cm³/mol. The number of carbonyl (C=O) groups is 1. The van der Waals surface area contributed by atoms with E-state index in [1.54, 1.807) is 0 Å². The maximum atomic E-state index is 12.0. The molecule has 0 unspecified atom stereocenters. The van der Waals surface area contributed by atoms with Gasteiger partial charge in [-0.05, 0) is 36.3 Å². The first kappa shape index (κ1) is 21.9. The minimum atomic E-state index is -0.0377. The van der Waals surface area contributed by atoms with Crippen LogP contribution in [0.25, 0.3) is 0 Å². The van der Waals surface area contributed by atoms with Gasteiger partial charge in [-0.3, -0.25) is 4.79 Å². The monoisotopic (exact) mass is 398 g/mol. The Labute approximate surface area is 173 Å². The maximum Gasteiger partial charge on any atom is 0.226 e. The van der Waals surface area contributed by atoms with Gasteiger partial charge in [0.15, 0.2) is 5.11 Å². The van der Waals surface area contributed by atoms with Crippen molar-refractivity contribution < 1.29 is 9.53 Å². The van der Waals surface area contributed by atoms with Crippen molar-refractivity contribution in [1.29, 1.82) is 0 Å². The third kappa shape index (κ3) is 9.00. The van der Waals surface area contributed by atoms with Crippen LogP contribution in [0.5, 0.6) is 5.75 Å². The molecule has 0 spiro atoms. The summed E-state index contributed by atoms with van der Waals surface area (Å²) in [6.07, 6.45) is 6.96. The van der Waals surface area contributed by atoms with Crippen LogP contribution in [-0.4, -0.2) is 17.6 Å². The average molecular weight is 399 g/mol. The highest BCUT2D eigenvalue weighted by Gasteiger charge is 2.05. The van der Waals surface area contributed by atoms with Gasteiger partial charge in [-0.15, -0.1) is 0 Å². The van der Waals surface area contributed by atoms with Crippen molar-refractivity contribution in [3.05, 3.63) is 60.2 Å². The predicted octanol–water partition coefficient (Wildman–Crippen LogP) is 5.48. The Kier molecular flexibility index (Phi) is 10.1. The molecule has 0 aliphatic carbocycles. The Balaban J connectivity index is 1.70. The Morgan fingerprint density at radius 1 is 1.00 bits per heavy atom. The summed E-state index contributed by atoms with van der Waals surface area (Å²) in [6.45, 7) is 2.78. The number of amides is 1. The second-order valence-corrected chi connectivity index (χ2v) is 7.19. The number of benzene rings is 2. The third-order valence-electron chi connectivity index (χ3n) is 4.35. The minimum absolute atomic E-state index is 0.0377. The molecule has 0 aliphatic heterocycles. The number of unbranched alkanes of at least 4 members (excludes halogenated alkanes) is 4. The summed E-state index contributed by atoms with van der Waals surface area (Å²) >= 11 is 5.24. The van der Waals surface area contributed by atoms with E-state index in [9.17, 15) is 4.79 Å². The number of thiocarbonyl (C=S) groups is 1. The van der Waals surface area contributed by atoms with Crippen molar-refractivity contribution in [1.82, 2.24) is 5.32 Å². The first-order chi connectivity index (χ1) is 13.7. The molecule has 0 aliphatic rings. The fourth-order valence-electron chi connectivity index (χ4n) is 2.84. The molecule has 5 heteroatoms. The average Bonchev–Trinajstić information content (AvgIpc) is 2.69. The summed E-state index contributed by atoms with van der Waals surface area (Å²) in [6, 6.07) is 17.8. The molecule has 2 N–H and O–H groups in total. The van der Waals surface area contributed by atoms with Gasteiger partial charge in [-0.1, -0.05) is 69.0 Å². The van der Waals surface area contributed by atoms with Crippen molar-refractivity contribution in [2.24, 2.45) is 0 Å². The van der Waals surface area contributed by atoms with Crippen LogP contribution < -0.4 is 15.4 Å². The number of carbonyl (C=O) groups excluding carboxylic acids is 1. The standard InChI is InChI=1S/C23H30N2O2S/c1-2-3-4-5-9-15-22(26)25-23(28)24-20-13-10-14-21(18-20)27-17-16-19-11-7-6-8-12-19/h6-8,10-14,18H,2-5,9,15-17H2,1H3,(H2,24,25,26,28). The zero-order valence-corrected chi connectivity index (χ0v) is 17.4. The highest BCUT2D eigenvalue weighted by Crippen LogP contribution is 2.17. The number of anilines is 1. The molecule has 1 amide bonds. The molecular formula is C23H30N2O2S. The van der Waals surface area contributed by atoms with Gasteiger partial charge in [0.2, 0.25) is 5.91 Å². The van der Waals surface area contributed by atoms with E-state index < -0.39 is 0 Å². The fourth-order valence-corrected chi connectivity index (χ4v) is 3.07. The zero-order valence-electron chi connectivity index (χ0n) is 16.6. The SMILES string of the molecule is CCCCCCCC(=O)NC(=S)Nc1cccc(OCCc2ccccc2)c1. The van der Waals surface area contributed by atoms with E-state index in [4.69, 9.17) is 17.0 Å². The largest absolute Gasteiger partial charge is 0.493 e. The fraction of sp³-hybridized carbons (Fsp3) is 0.391. The van der Waals surface area contributed by atoms with E-state index in [1.165, 1.54) is 24.8 Å². The lowest BCUT2D eigenvalue weighted by atomic mass is 10.1. The van der Waals surface area contributed by atoms with Crippen LogP contribution in [0.2, 0.25) is 0 Å². The number of ether oxygens (including phenoxy) is 1. The molecule has 0 saturated carbocycles. The summed E-state index contributed by atoms with van der Waals surface area (Å²) in [5.74, 6) is 0.732. The van der Waals surface area contributed by atoms with Crippen LogP contribution in [-0.2, 0) is 11.2 Å². The van der Waals surface area contributed by atoms with E-state index in [1.807, 2.05) is 42.5 Å². The van der Waals surface area contributed by atoms with E-state index in [2.05, 4.69) is 29.7 Å². The number of nitrogens with one attached hydrogen (secondary N) is 2. The minimum Gasteiger partial charge on any atom is -0.493 e.